The summed E-state index contributed by atoms with van der Waals surface area (Å²) in [5, 5.41) is 4.63. The molecule has 24 heavy (non-hydrogen) atoms. The van der Waals surface area contributed by atoms with E-state index in [1.165, 1.54) is 17.8 Å². The second-order valence-corrected chi connectivity index (χ2v) is 7.14. The summed E-state index contributed by atoms with van der Waals surface area (Å²) in [6, 6.07) is 10.3. The highest BCUT2D eigenvalue weighted by Gasteiger charge is 2.10. The Bertz CT molecular complexity index is 879. The third kappa shape index (κ3) is 3.98. The van der Waals surface area contributed by atoms with Gasteiger partial charge in [0.2, 0.25) is 0 Å². The summed E-state index contributed by atoms with van der Waals surface area (Å²) in [6.07, 6.45) is 0. The van der Waals surface area contributed by atoms with Crippen molar-refractivity contribution in [2.45, 2.75) is 16.2 Å². The van der Waals surface area contributed by atoms with Crippen molar-refractivity contribution in [3.05, 3.63) is 70.7 Å². The zero-order valence-electron chi connectivity index (χ0n) is 12.5. The van der Waals surface area contributed by atoms with Crippen molar-refractivity contribution in [1.82, 2.24) is 4.98 Å². The van der Waals surface area contributed by atoms with Gasteiger partial charge in [-0.05, 0) is 49.4 Å². The average Bonchev–Trinajstić information content (AvgIpc) is 2.97. The van der Waals surface area contributed by atoms with E-state index in [0.29, 0.717) is 5.69 Å². The molecule has 0 atom stereocenters. The quantitative estimate of drug-likeness (QED) is 0.699. The summed E-state index contributed by atoms with van der Waals surface area (Å²) in [7, 11) is 0. The van der Waals surface area contributed by atoms with E-state index < -0.39 is 17.5 Å². The van der Waals surface area contributed by atoms with Crippen molar-refractivity contribution in [3.8, 4) is 0 Å². The third-order valence-corrected chi connectivity index (χ3v) is 5.16. The minimum Gasteiger partial charge on any atom is -0.322 e. The summed E-state index contributed by atoms with van der Waals surface area (Å²) in [6.45, 7) is 1.94. The Morgan fingerprint density at radius 1 is 1.12 bits per heavy atom. The van der Waals surface area contributed by atoms with E-state index in [9.17, 15) is 13.6 Å². The molecule has 0 unspecified atom stereocenters. The largest absolute Gasteiger partial charge is 0.322 e. The normalized spacial score (nSPS) is 10.6. The third-order valence-electron chi connectivity index (χ3n) is 3.10. The van der Waals surface area contributed by atoms with E-state index in [1.54, 1.807) is 23.5 Å². The molecule has 0 aliphatic rings. The van der Waals surface area contributed by atoms with Gasteiger partial charge in [-0.1, -0.05) is 11.8 Å². The van der Waals surface area contributed by atoms with Crippen LogP contribution in [0.3, 0.4) is 0 Å². The van der Waals surface area contributed by atoms with E-state index in [4.69, 9.17) is 0 Å². The molecule has 0 aliphatic carbocycles. The standard InChI is InChI=1S/C17H12F2N2OS2/c1-10-9-23-17(20-10)24-13-5-3-12(4-6-13)21-16(22)11-2-7-14(18)15(19)8-11/h2-9H,1H3,(H,21,22). The van der Waals surface area contributed by atoms with Crippen LogP contribution in [0, 0.1) is 18.6 Å². The van der Waals surface area contributed by atoms with Gasteiger partial charge in [0.1, 0.15) is 0 Å². The Hall–Kier alpha value is -2.25. The van der Waals surface area contributed by atoms with Crippen LogP contribution in [0.25, 0.3) is 0 Å². The fourth-order valence-corrected chi connectivity index (χ4v) is 3.74. The number of hydrogen-bond donors (Lipinski definition) is 1. The zero-order chi connectivity index (χ0) is 17.1. The van der Waals surface area contributed by atoms with Gasteiger partial charge in [-0.15, -0.1) is 11.3 Å². The number of carbonyl (C=O) groups excluding carboxylic acids is 1. The number of nitrogens with one attached hydrogen (secondary N) is 1. The van der Waals surface area contributed by atoms with Crippen LogP contribution in [0.4, 0.5) is 14.5 Å². The predicted octanol–water partition coefficient (Wildman–Crippen LogP) is 5.13. The molecule has 0 aliphatic heterocycles. The van der Waals surface area contributed by atoms with Gasteiger partial charge >= 0.3 is 0 Å². The number of benzene rings is 2. The molecule has 0 saturated carbocycles. The van der Waals surface area contributed by atoms with E-state index >= 15 is 0 Å². The van der Waals surface area contributed by atoms with Crippen LogP contribution in [0.5, 0.6) is 0 Å². The van der Waals surface area contributed by atoms with Crippen LogP contribution in [0.2, 0.25) is 0 Å². The number of carbonyl (C=O) groups is 1. The topological polar surface area (TPSA) is 42.0 Å². The van der Waals surface area contributed by atoms with E-state index in [0.717, 1.165) is 27.1 Å². The molecular weight excluding hydrogens is 350 g/mol. The molecule has 7 heteroatoms. The first-order chi connectivity index (χ1) is 11.5. The number of anilines is 1. The molecule has 0 spiro atoms. The highest BCUT2D eigenvalue weighted by atomic mass is 32.2. The Morgan fingerprint density at radius 2 is 1.88 bits per heavy atom. The van der Waals surface area contributed by atoms with Crippen molar-refractivity contribution in [2.75, 3.05) is 5.32 Å². The minimum atomic E-state index is -1.05. The van der Waals surface area contributed by atoms with Crippen molar-refractivity contribution in [3.63, 3.8) is 0 Å². The van der Waals surface area contributed by atoms with Gasteiger partial charge in [-0.3, -0.25) is 4.79 Å². The number of thiazole rings is 1. The molecule has 1 aromatic heterocycles. The fourth-order valence-electron chi connectivity index (χ4n) is 1.93. The Labute approximate surface area is 145 Å². The average molecular weight is 362 g/mol. The highest BCUT2D eigenvalue weighted by Crippen LogP contribution is 2.30. The number of amides is 1. The lowest BCUT2D eigenvalue weighted by atomic mass is 10.2. The van der Waals surface area contributed by atoms with Crippen LogP contribution < -0.4 is 5.32 Å². The lowest BCUT2D eigenvalue weighted by Gasteiger charge is -2.06. The van der Waals surface area contributed by atoms with Crippen LogP contribution in [-0.4, -0.2) is 10.9 Å². The second kappa shape index (κ2) is 7.11. The number of rotatable bonds is 4. The molecule has 0 fully saturated rings. The fraction of sp³-hybridized carbons (Fsp3) is 0.0588. The molecule has 1 heterocycles. The van der Waals surface area contributed by atoms with Crippen LogP contribution in [-0.2, 0) is 0 Å². The minimum absolute atomic E-state index is 0.0608. The lowest BCUT2D eigenvalue weighted by Crippen LogP contribution is -2.12. The van der Waals surface area contributed by atoms with Crippen LogP contribution >= 0.6 is 23.1 Å². The van der Waals surface area contributed by atoms with Gasteiger partial charge in [0.15, 0.2) is 16.0 Å². The molecule has 0 bridgehead atoms. The molecule has 1 N–H and O–H groups in total. The lowest BCUT2D eigenvalue weighted by molar-refractivity contribution is 0.102. The van der Waals surface area contributed by atoms with Gasteiger partial charge in [0.25, 0.3) is 5.91 Å². The summed E-state index contributed by atoms with van der Waals surface area (Å²) in [4.78, 5) is 17.4. The van der Waals surface area contributed by atoms with E-state index in [1.807, 2.05) is 24.4 Å². The van der Waals surface area contributed by atoms with Crippen molar-refractivity contribution in [1.29, 1.82) is 0 Å². The molecule has 0 saturated heterocycles. The zero-order valence-corrected chi connectivity index (χ0v) is 14.2. The van der Waals surface area contributed by atoms with Gasteiger partial charge in [-0.2, -0.15) is 0 Å². The number of hydrogen-bond acceptors (Lipinski definition) is 4. The molecule has 3 rings (SSSR count). The Morgan fingerprint density at radius 3 is 2.50 bits per heavy atom. The first kappa shape index (κ1) is 16.6. The van der Waals surface area contributed by atoms with Gasteiger partial charge < -0.3 is 5.32 Å². The molecule has 0 radical (unpaired) electrons. The van der Waals surface area contributed by atoms with Gasteiger partial charge in [0, 0.05) is 27.2 Å². The monoisotopic (exact) mass is 362 g/mol. The first-order valence-electron chi connectivity index (χ1n) is 6.98. The van der Waals surface area contributed by atoms with E-state index in [2.05, 4.69) is 10.3 Å². The molecule has 3 aromatic rings. The summed E-state index contributed by atoms with van der Waals surface area (Å²) < 4.78 is 27.0. The van der Waals surface area contributed by atoms with Gasteiger partial charge in [0.05, 0.1) is 0 Å². The number of aryl methyl sites for hydroxylation is 1. The van der Waals surface area contributed by atoms with Crippen molar-refractivity contribution in [2.24, 2.45) is 0 Å². The highest BCUT2D eigenvalue weighted by molar-refractivity contribution is 8.01. The first-order valence-corrected chi connectivity index (χ1v) is 8.67. The molecule has 122 valence electrons. The maximum atomic E-state index is 13.2. The maximum Gasteiger partial charge on any atom is 0.255 e. The summed E-state index contributed by atoms with van der Waals surface area (Å²) in [5.41, 5.74) is 1.62. The smallest absolute Gasteiger partial charge is 0.255 e. The van der Waals surface area contributed by atoms with Crippen molar-refractivity contribution >= 4 is 34.7 Å². The number of aromatic nitrogens is 1. The summed E-state index contributed by atoms with van der Waals surface area (Å²) >= 11 is 3.11. The molecule has 3 nitrogen and oxygen atoms in total. The molecular formula is C17H12F2N2OS2. The second-order valence-electron chi connectivity index (χ2n) is 4.96. The van der Waals surface area contributed by atoms with E-state index in [-0.39, 0.29) is 5.56 Å². The predicted molar refractivity (Wildman–Crippen MR) is 91.7 cm³/mol. The SMILES string of the molecule is Cc1csc(Sc2ccc(NC(=O)c3ccc(F)c(F)c3)cc2)n1. The Kier molecular flexibility index (Phi) is 4.92. The molecule has 1 amide bonds. The number of nitrogens with zero attached hydrogens (tertiary/aromatic N) is 1. The molecule has 2 aromatic carbocycles. The van der Waals surface area contributed by atoms with Crippen LogP contribution in [0.1, 0.15) is 16.1 Å². The number of halogens is 2. The van der Waals surface area contributed by atoms with Crippen molar-refractivity contribution < 1.29 is 13.6 Å². The maximum absolute atomic E-state index is 13.2. The Balaban J connectivity index is 1.67. The van der Waals surface area contributed by atoms with Gasteiger partial charge in [-0.25, -0.2) is 13.8 Å². The summed E-state index contributed by atoms with van der Waals surface area (Å²) in [5.74, 6) is -2.52. The van der Waals surface area contributed by atoms with Crippen LogP contribution in [0.15, 0.2) is 57.1 Å².